The first-order valence-corrected chi connectivity index (χ1v) is 17.6. The highest BCUT2D eigenvalue weighted by molar-refractivity contribution is 5.84. The zero-order valence-electron chi connectivity index (χ0n) is 28.9. The standard InChI is InChI=1S/C50H38/c1-5-34-31-50-44-26-22-42(23-27-44)40-18-14-38(15-19-40)36-10-8-35(9-11-36)37-12-16-39(17-13-37)41-20-24-43(25-21-41)49(34)32-46(50)29-28-45-30-33(4)47(6-2)48(45)7-3/h1,8-27,31-32H,6-7,30H2,2-4H3. The van der Waals surface area contributed by atoms with Crippen molar-refractivity contribution in [3.8, 4) is 90.9 Å². The lowest BCUT2D eigenvalue weighted by Crippen LogP contribution is -1.93. The molecule has 0 aliphatic heterocycles. The monoisotopic (exact) mass is 638 g/mol. The van der Waals surface area contributed by atoms with E-state index in [9.17, 15) is 0 Å². The van der Waals surface area contributed by atoms with Crippen LogP contribution in [-0.4, -0.2) is 0 Å². The molecule has 0 saturated carbocycles. The van der Waals surface area contributed by atoms with Gasteiger partial charge >= 0.3 is 0 Å². The quantitative estimate of drug-likeness (QED) is 0.165. The van der Waals surface area contributed by atoms with E-state index in [0.717, 1.165) is 52.6 Å². The Kier molecular flexibility index (Phi) is 8.17. The van der Waals surface area contributed by atoms with Gasteiger partial charge in [-0.05, 0) is 110 Å². The molecule has 0 radical (unpaired) electrons. The van der Waals surface area contributed by atoms with Crippen molar-refractivity contribution in [2.24, 2.45) is 0 Å². The first-order chi connectivity index (χ1) is 24.5. The van der Waals surface area contributed by atoms with Gasteiger partial charge in [0.15, 0.2) is 0 Å². The van der Waals surface area contributed by atoms with Crippen molar-refractivity contribution in [2.45, 2.75) is 40.0 Å². The SMILES string of the molecule is C#Cc1cc2c(C#CC3=C(CC)C(CC)=C(C)C3)cc1-c1ccc(cc1)-c1ccc(cc1)-c1ccc(cc1)-c1ccc(cc1)-c1ccc-2cc1. The molecule has 0 heterocycles. The van der Waals surface area contributed by atoms with E-state index in [0.29, 0.717) is 0 Å². The van der Waals surface area contributed by atoms with Crippen LogP contribution >= 0.6 is 0 Å². The normalized spacial score (nSPS) is 12.8. The van der Waals surface area contributed by atoms with E-state index in [1.807, 2.05) is 0 Å². The summed E-state index contributed by atoms with van der Waals surface area (Å²) in [5, 5.41) is 0. The Bertz CT molecular complexity index is 2410. The molecular formula is C50H38. The maximum atomic E-state index is 6.23. The summed E-state index contributed by atoms with van der Waals surface area (Å²) in [6.45, 7) is 6.75. The van der Waals surface area contributed by atoms with E-state index in [4.69, 9.17) is 6.42 Å². The molecule has 0 atom stereocenters. The minimum absolute atomic E-state index is 0.863. The average molecular weight is 639 g/mol. The van der Waals surface area contributed by atoms with E-state index in [-0.39, 0.29) is 0 Å². The predicted octanol–water partition coefficient (Wildman–Crippen LogP) is 13.2. The Morgan fingerprint density at radius 2 is 0.760 bits per heavy atom. The fraction of sp³-hybridized carbons (Fsp3) is 0.120. The van der Waals surface area contributed by atoms with Crippen LogP contribution in [0, 0.1) is 24.2 Å². The van der Waals surface area contributed by atoms with Crippen molar-refractivity contribution < 1.29 is 0 Å². The minimum Gasteiger partial charge on any atom is -0.115 e. The molecule has 0 unspecified atom stereocenters. The van der Waals surface area contributed by atoms with Crippen LogP contribution in [0.2, 0.25) is 0 Å². The molecule has 0 amide bonds. The van der Waals surface area contributed by atoms with Gasteiger partial charge in [-0.2, -0.15) is 0 Å². The first kappa shape index (κ1) is 31.2. The number of benzene rings is 6. The second-order valence-corrected chi connectivity index (χ2v) is 13.3. The summed E-state index contributed by atoms with van der Waals surface area (Å²) in [4.78, 5) is 0. The molecule has 50 heavy (non-hydrogen) atoms. The summed E-state index contributed by atoms with van der Waals surface area (Å²) >= 11 is 0. The van der Waals surface area contributed by atoms with Crippen LogP contribution in [0.5, 0.6) is 0 Å². The molecule has 0 nitrogen and oxygen atoms in total. The molecule has 0 N–H and O–H groups in total. The predicted molar refractivity (Wildman–Crippen MR) is 212 cm³/mol. The zero-order valence-corrected chi connectivity index (χ0v) is 28.9. The highest BCUT2D eigenvalue weighted by atomic mass is 14.2. The van der Waals surface area contributed by atoms with Gasteiger partial charge in [0.2, 0.25) is 0 Å². The molecule has 0 fully saturated rings. The molecule has 0 spiro atoms. The van der Waals surface area contributed by atoms with Crippen LogP contribution in [0.4, 0.5) is 0 Å². The lowest BCUT2D eigenvalue weighted by Gasteiger charge is -2.14. The van der Waals surface area contributed by atoms with Crippen LogP contribution in [0.15, 0.2) is 156 Å². The molecule has 12 bridgehead atoms. The van der Waals surface area contributed by atoms with Crippen LogP contribution in [0.3, 0.4) is 0 Å². The number of rotatable bonds is 2. The van der Waals surface area contributed by atoms with E-state index < -0.39 is 0 Å². The van der Waals surface area contributed by atoms with Crippen molar-refractivity contribution in [1.82, 2.24) is 0 Å². The molecule has 6 aromatic carbocycles. The van der Waals surface area contributed by atoms with Crippen LogP contribution in [-0.2, 0) is 0 Å². The molecule has 0 heteroatoms. The van der Waals surface area contributed by atoms with Gasteiger partial charge in [-0.15, -0.1) is 6.42 Å². The fourth-order valence-electron chi connectivity index (χ4n) is 7.67. The Balaban J connectivity index is 1.30. The highest BCUT2D eigenvalue weighted by Crippen LogP contribution is 2.38. The van der Waals surface area contributed by atoms with Gasteiger partial charge in [-0.25, -0.2) is 0 Å². The molecule has 0 aromatic heterocycles. The van der Waals surface area contributed by atoms with Gasteiger partial charge in [-0.3, -0.25) is 0 Å². The fourth-order valence-corrected chi connectivity index (χ4v) is 7.67. The van der Waals surface area contributed by atoms with Gasteiger partial charge in [0, 0.05) is 23.1 Å². The third kappa shape index (κ3) is 5.71. The smallest absolute Gasteiger partial charge is 0.0334 e. The third-order valence-electron chi connectivity index (χ3n) is 10.4. The highest BCUT2D eigenvalue weighted by Gasteiger charge is 2.19. The van der Waals surface area contributed by atoms with Crippen molar-refractivity contribution in [2.75, 3.05) is 0 Å². The van der Waals surface area contributed by atoms with Crippen LogP contribution in [0.25, 0.3) is 66.8 Å². The summed E-state index contributed by atoms with van der Waals surface area (Å²) in [6, 6.07) is 48.5. The van der Waals surface area contributed by atoms with Gasteiger partial charge in [-0.1, -0.05) is 159 Å². The van der Waals surface area contributed by atoms with Gasteiger partial charge in [0.1, 0.15) is 0 Å². The maximum Gasteiger partial charge on any atom is 0.0334 e. The summed E-state index contributed by atoms with van der Waals surface area (Å²) in [5.74, 6) is 10.3. The van der Waals surface area contributed by atoms with Crippen molar-refractivity contribution >= 4 is 0 Å². The lowest BCUT2D eigenvalue weighted by molar-refractivity contribution is 1.02. The Labute approximate surface area is 296 Å². The molecule has 17 aliphatic rings. The topological polar surface area (TPSA) is 0 Å². The van der Waals surface area contributed by atoms with Crippen LogP contribution in [0.1, 0.15) is 51.2 Å². The van der Waals surface area contributed by atoms with Gasteiger partial charge in [0.25, 0.3) is 0 Å². The minimum atomic E-state index is 0.863. The Morgan fingerprint density at radius 3 is 1.10 bits per heavy atom. The van der Waals surface area contributed by atoms with Crippen molar-refractivity contribution in [3.63, 3.8) is 0 Å². The molecule has 6 aromatic rings. The number of hydrogen-bond acceptors (Lipinski definition) is 0. The summed E-state index contributed by atoms with van der Waals surface area (Å²) in [5.41, 5.74) is 21.2. The van der Waals surface area contributed by atoms with Gasteiger partial charge < -0.3 is 0 Å². The maximum absolute atomic E-state index is 6.23. The average Bonchev–Trinajstić information content (AvgIpc) is 3.50. The number of terminal acetylenes is 1. The zero-order chi connectivity index (χ0) is 34.2. The Morgan fingerprint density at radius 1 is 0.440 bits per heavy atom. The molecule has 23 rings (SSSR count). The van der Waals surface area contributed by atoms with E-state index >= 15 is 0 Å². The van der Waals surface area contributed by atoms with Gasteiger partial charge in [0.05, 0.1) is 0 Å². The van der Waals surface area contributed by atoms with E-state index in [2.05, 4.69) is 172 Å². The molecular weight excluding hydrogens is 601 g/mol. The Hall–Kier alpha value is -6.08. The van der Waals surface area contributed by atoms with E-state index in [1.54, 1.807) is 0 Å². The summed E-state index contributed by atoms with van der Waals surface area (Å²) < 4.78 is 0. The number of allylic oxidation sites excluding steroid dienone is 4. The van der Waals surface area contributed by atoms with Crippen LogP contribution < -0.4 is 0 Å². The van der Waals surface area contributed by atoms with Crippen molar-refractivity contribution in [1.29, 1.82) is 0 Å². The third-order valence-corrected chi connectivity index (χ3v) is 10.4. The van der Waals surface area contributed by atoms with Crippen molar-refractivity contribution in [3.05, 3.63) is 167 Å². The van der Waals surface area contributed by atoms with E-state index in [1.165, 1.54) is 66.8 Å². The second kappa shape index (κ2) is 13.1. The number of hydrogen-bond donors (Lipinski definition) is 0. The molecule has 17 aliphatic carbocycles. The summed E-state index contributed by atoms with van der Waals surface area (Å²) in [6.07, 6.45) is 9.22. The lowest BCUT2D eigenvalue weighted by atomic mass is 9.89. The first-order valence-electron chi connectivity index (χ1n) is 17.6. The molecule has 0 saturated heterocycles. The largest absolute Gasteiger partial charge is 0.115 e. The molecule has 238 valence electrons. The summed E-state index contributed by atoms with van der Waals surface area (Å²) in [7, 11) is 0. The second-order valence-electron chi connectivity index (χ2n) is 13.3.